The van der Waals surface area contributed by atoms with Crippen LogP contribution >= 0.6 is 0 Å². The van der Waals surface area contributed by atoms with Gasteiger partial charge in [0.15, 0.2) is 0 Å². The third-order valence-corrected chi connectivity index (χ3v) is 3.42. The van der Waals surface area contributed by atoms with Gasteiger partial charge in [-0.25, -0.2) is 0 Å². The zero-order valence-corrected chi connectivity index (χ0v) is 11.0. The largest absolute Gasteiger partial charge is 0.465 e. The first-order valence-corrected chi connectivity index (χ1v) is 6.74. The number of carbonyl (C=O) groups excluding carboxylic acids is 1. The van der Waals surface area contributed by atoms with Crippen molar-refractivity contribution in [1.82, 2.24) is 4.90 Å². The third kappa shape index (κ3) is 4.28. The molecule has 100 valence electrons. The molecule has 1 aliphatic rings. The number of aliphatic hydroxyl groups excluding tert-OH is 1. The Morgan fingerprint density at radius 2 is 2.29 bits per heavy atom. The minimum absolute atomic E-state index is 0.0800. The third-order valence-electron chi connectivity index (χ3n) is 3.42. The lowest BCUT2D eigenvalue weighted by molar-refractivity contribution is -0.149. The predicted octanol–water partition coefficient (Wildman–Crippen LogP) is 1.42. The quantitative estimate of drug-likeness (QED) is 0.687. The monoisotopic (exact) mass is 243 g/mol. The fraction of sp³-hybridized carbons (Fsp3) is 0.923. The van der Waals surface area contributed by atoms with Crippen molar-refractivity contribution >= 4 is 5.97 Å². The summed E-state index contributed by atoms with van der Waals surface area (Å²) in [5.41, 5.74) is 0. The summed E-state index contributed by atoms with van der Waals surface area (Å²) in [7, 11) is 0. The molecule has 0 bridgehead atoms. The molecule has 0 aromatic heterocycles. The molecule has 1 saturated heterocycles. The van der Waals surface area contributed by atoms with E-state index in [-0.39, 0.29) is 18.6 Å². The Morgan fingerprint density at radius 1 is 1.53 bits per heavy atom. The summed E-state index contributed by atoms with van der Waals surface area (Å²) in [5.74, 6) is 0.452. The highest BCUT2D eigenvalue weighted by Gasteiger charge is 2.32. The summed E-state index contributed by atoms with van der Waals surface area (Å²) in [6, 6.07) is -0.0800. The van der Waals surface area contributed by atoms with E-state index in [4.69, 9.17) is 9.84 Å². The molecule has 4 nitrogen and oxygen atoms in total. The number of likely N-dealkylation sites (tertiary alicyclic amines) is 1. The van der Waals surface area contributed by atoms with E-state index in [1.165, 1.54) is 0 Å². The summed E-state index contributed by atoms with van der Waals surface area (Å²) >= 11 is 0. The molecule has 0 aromatic carbocycles. The van der Waals surface area contributed by atoms with Crippen molar-refractivity contribution in [3.05, 3.63) is 0 Å². The molecule has 2 unspecified atom stereocenters. The summed E-state index contributed by atoms with van der Waals surface area (Å²) in [6.45, 7) is 6.51. The standard InChI is InChI=1S/C13H25NO3/c1-3-5-12(13(16)17-4-2)14-8-6-11(10-14)7-9-15/h11-12,15H,3-10H2,1-2H3. The summed E-state index contributed by atoms with van der Waals surface area (Å²) < 4.78 is 5.13. The van der Waals surface area contributed by atoms with E-state index in [1.54, 1.807) is 0 Å². The zero-order valence-electron chi connectivity index (χ0n) is 11.0. The molecular weight excluding hydrogens is 218 g/mol. The maximum atomic E-state index is 11.9. The second-order valence-corrected chi connectivity index (χ2v) is 4.72. The summed E-state index contributed by atoms with van der Waals surface area (Å²) in [6.07, 6.45) is 3.79. The fourth-order valence-electron chi connectivity index (χ4n) is 2.53. The first-order chi connectivity index (χ1) is 8.22. The number of aliphatic hydroxyl groups is 1. The van der Waals surface area contributed by atoms with Gasteiger partial charge in [0, 0.05) is 13.2 Å². The van der Waals surface area contributed by atoms with Gasteiger partial charge in [0.1, 0.15) is 6.04 Å². The molecule has 0 amide bonds. The lowest BCUT2D eigenvalue weighted by Crippen LogP contribution is -2.40. The highest BCUT2D eigenvalue weighted by atomic mass is 16.5. The molecule has 0 aromatic rings. The van der Waals surface area contributed by atoms with Gasteiger partial charge in [-0.2, -0.15) is 0 Å². The highest BCUT2D eigenvalue weighted by molar-refractivity contribution is 5.75. The van der Waals surface area contributed by atoms with E-state index in [2.05, 4.69) is 11.8 Å². The molecule has 1 fully saturated rings. The second-order valence-electron chi connectivity index (χ2n) is 4.72. The molecule has 4 heteroatoms. The molecule has 1 aliphatic heterocycles. The molecule has 0 spiro atoms. The number of hydrogen-bond donors (Lipinski definition) is 1. The van der Waals surface area contributed by atoms with Crippen molar-refractivity contribution < 1.29 is 14.6 Å². The topological polar surface area (TPSA) is 49.8 Å². The Hall–Kier alpha value is -0.610. The lowest BCUT2D eigenvalue weighted by atomic mass is 10.1. The van der Waals surface area contributed by atoms with E-state index in [1.807, 2.05) is 6.92 Å². The maximum Gasteiger partial charge on any atom is 0.323 e. The van der Waals surface area contributed by atoms with Crippen molar-refractivity contribution in [2.24, 2.45) is 5.92 Å². The van der Waals surface area contributed by atoms with E-state index in [0.29, 0.717) is 12.5 Å². The lowest BCUT2D eigenvalue weighted by Gasteiger charge is -2.25. The normalized spacial score (nSPS) is 22.6. The minimum Gasteiger partial charge on any atom is -0.465 e. The van der Waals surface area contributed by atoms with Crippen molar-refractivity contribution in [3.8, 4) is 0 Å². The average Bonchev–Trinajstić information content (AvgIpc) is 2.75. The van der Waals surface area contributed by atoms with Crippen molar-refractivity contribution in [1.29, 1.82) is 0 Å². The number of ether oxygens (including phenoxy) is 1. The Morgan fingerprint density at radius 3 is 2.88 bits per heavy atom. The first-order valence-electron chi connectivity index (χ1n) is 6.74. The molecule has 17 heavy (non-hydrogen) atoms. The van der Waals surface area contributed by atoms with E-state index in [9.17, 15) is 4.79 Å². The van der Waals surface area contributed by atoms with Crippen molar-refractivity contribution in [2.45, 2.75) is 45.6 Å². The van der Waals surface area contributed by atoms with E-state index >= 15 is 0 Å². The zero-order chi connectivity index (χ0) is 12.7. The van der Waals surface area contributed by atoms with Gasteiger partial charge < -0.3 is 9.84 Å². The fourth-order valence-corrected chi connectivity index (χ4v) is 2.53. The molecule has 1 N–H and O–H groups in total. The molecular formula is C13H25NO3. The number of esters is 1. The van der Waals surface area contributed by atoms with Crippen LogP contribution in [0.2, 0.25) is 0 Å². The van der Waals surface area contributed by atoms with Crippen LogP contribution in [0.1, 0.15) is 39.5 Å². The van der Waals surface area contributed by atoms with E-state index in [0.717, 1.165) is 38.8 Å². The van der Waals surface area contributed by atoms with Crippen LogP contribution in [0.15, 0.2) is 0 Å². The van der Waals surface area contributed by atoms with Crippen LogP contribution in [0.25, 0.3) is 0 Å². The van der Waals surface area contributed by atoms with E-state index < -0.39 is 0 Å². The van der Waals surface area contributed by atoms with Crippen LogP contribution in [-0.2, 0) is 9.53 Å². The van der Waals surface area contributed by atoms with Gasteiger partial charge in [-0.3, -0.25) is 9.69 Å². The van der Waals surface area contributed by atoms with Gasteiger partial charge in [0.05, 0.1) is 6.61 Å². The molecule has 1 heterocycles. The smallest absolute Gasteiger partial charge is 0.323 e. The van der Waals surface area contributed by atoms with Crippen LogP contribution in [0.3, 0.4) is 0 Å². The van der Waals surface area contributed by atoms with Gasteiger partial charge >= 0.3 is 5.97 Å². The first kappa shape index (κ1) is 14.5. The molecule has 0 radical (unpaired) electrons. The van der Waals surface area contributed by atoms with Crippen LogP contribution in [0.4, 0.5) is 0 Å². The Balaban J connectivity index is 2.50. The van der Waals surface area contributed by atoms with Gasteiger partial charge in [0.2, 0.25) is 0 Å². The maximum absolute atomic E-state index is 11.9. The predicted molar refractivity (Wildman–Crippen MR) is 66.7 cm³/mol. The molecule has 0 saturated carbocycles. The van der Waals surface area contributed by atoms with Crippen LogP contribution in [-0.4, -0.2) is 48.3 Å². The number of rotatable bonds is 7. The van der Waals surface area contributed by atoms with Crippen molar-refractivity contribution in [3.63, 3.8) is 0 Å². The van der Waals surface area contributed by atoms with Crippen molar-refractivity contribution in [2.75, 3.05) is 26.3 Å². The van der Waals surface area contributed by atoms with Gasteiger partial charge in [-0.15, -0.1) is 0 Å². The van der Waals surface area contributed by atoms with Gasteiger partial charge in [0.25, 0.3) is 0 Å². The molecule has 0 aliphatic carbocycles. The molecule has 2 atom stereocenters. The number of carbonyl (C=O) groups is 1. The average molecular weight is 243 g/mol. The summed E-state index contributed by atoms with van der Waals surface area (Å²) in [4.78, 5) is 14.1. The Kier molecular flexibility index (Phi) is 6.52. The SMILES string of the molecule is CCCC(C(=O)OCC)N1CCC(CCO)C1. The number of hydrogen-bond acceptors (Lipinski definition) is 4. The second kappa shape index (κ2) is 7.67. The minimum atomic E-state index is -0.0843. The Labute approximate surface area is 104 Å². The van der Waals surface area contributed by atoms with Crippen LogP contribution in [0, 0.1) is 5.92 Å². The van der Waals surface area contributed by atoms with Crippen LogP contribution < -0.4 is 0 Å². The van der Waals surface area contributed by atoms with Gasteiger partial charge in [-0.05, 0) is 38.6 Å². The van der Waals surface area contributed by atoms with Gasteiger partial charge in [-0.1, -0.05) is 13.3 Å². The Bertz CT molecular complexity index is 233. The summed E-state index contributed by atoms with van der Waals surface area (Å²) in [5, 5.41) is 8.94. The highest BCUT2D eigenvalue weighted by Crippen LogP contribution is 2.23. The number of nitrogens with zero attached hydrogens (tertiary/aromatic N) is 1. The van der Waals surface area contributed by atoms with Crippen LogP contribution in [0.5, 0.6) is 0 Å². The molecule has 1 rings (SSSR count).